The number of aromatic nitrogens is 2. The number of halogens is 1. The highest BCUT2D eigenvalue weighted by molar-refractivity contribution is 5.85. The lowest BCUT2D eigenvalue weighted by Gasteiger charge is -2.33. The van der Waals surface area contributed by atoms with Crippen molar-refractivity contribution in [1.29, 1.82) is 0 Å². The lowest BCUT2D eigenvalue weighted by atomic mass is 9.92. The smallest absolute Gasteiger partial charge is 0.123 e. The molecule has 0 radical (unpaired) electrons. The number of H-pyrrole nitrogens is 1. The highest BCUT2D eigenvalue weighted by atomic mass is 35.5. The van der Waals surface area contributed by atoms with Gasteiger partial charge in [0.15, 0.2) is 0 Å². The number of aryl methyl sites for hydroxylation is 1. The van der Waals surface area contributed by atoms with Crippen LogP contribution in [0.4, 0.5) is 0 Å². The van der Waals surface area contributed by atoms with Crippen LogP contribution in [0.3, 0.4) is 0 Å². The lowest BCUT2D eigenvalue weighted by molar-refractivity contribution is 0.0997. The van der Waals surface area contributed by atoms with Crippen molar-refractivity contribution in [1.82, 2.24) is 15.1 Å². The summed E-state index contributed by atoms with van der Waals surface area (Å²) in [5.41, 5.74) is 2.36. The van der Waals surface area contributed by atoms with Gasteiger partial charge in [0.2, 0.25) is 0 Å². The van der Waals surface area contributed by atoms with Gasteiger partial charge >= 0.3 is 0 Å². The first-order valence-electron chi connectivity index (χ1n) is 7.97. The minimum atomic E-state index is 0. The van der Waals surface area contributed by atoms with Gasteiger partial charge in [-0.05, 0) is 58.3 Å². The zero-order chi connectivity index (χ0) is 14.8. The number of rotatable bonds is 4. The van der Waals surface area contributed by atoms with Gasteiger partial charge < -0.3 is 9.64 Å². The van der Waals surface area contributed by atoms with E-state index < -0.39 is 0 Å². The summed E-state index contributed by atoms with van der Waals surface area (Å²) in [6, 6.07) is 4.81. The molecule has 2 atom stereocenters. The van der Waals surface area contributed by atoms with E-state index in [2.05, 4.69) is 48.2 Å². The number of aromatic amines is 1. The van der Waals surface area contributed by atoms with E-state index in [9.17, 15) is 0 Å². The average molecular weight is 324 g/mol. The van der Waals surface area contributed by atoms with Crippen LogP contribution >= 0.6 is 12.4 Å². The Morgan fingerprint density at radius 1 is 1.32 bits per heavy atom. The fourth-order valence-electron chi connectivity index (χ4n) is 3.41. The van der Waals surface area contributed by atoms with Crippen molar-refractivity contribution in [3.63, 3.8) is 0 Å². The summed E-state index contributed by atoms with van der Waals surface area (Å²) in [5, 5.41) is 8.37. The summed E-state index contributed by atoms with van der Waals surface area (Å²) in [5.74, 6) is 1.04. The molecule has 0 bridgehead atoms. The van der Waals surface area contributed by atoms with Crippen molar-refractivity contribution < 1.29 is 4.74 Å². The van der Waals surface area contributed by atoms with Crippen LogP contribution < -0.4 is 4.74 Å². The van der Waals surface area contributed by atoms with Gasteiger partial charge in [0.05, 0.1) is 11.7 Å². The van der Waals surface area contributed by atoms with E-state index in [0.717, 1.165) is 30.5 Å². The second-order valence-electron chi connectivity index (χ2n) is 6.25. The minimum absolute atomic E-state index is 0. The Hall–Kier alpha value is -1.26. The molecule has 1 aliphatic carbocycles. The van der Waals surface area contributed by atoms with E-state index >= 15 is 0 Å². The Labute approximate surface area is 138 Å². The maximum Gasteiger partial charge on any atom is 0.123 e. The van der Waals surface area contributed by atoms with E-state index in [1.165, 1.54) is 23.8 Å². The standard InChI is InChI=1S/C17H25N3O.ClH/c1-4-14-15-11-18-19-16(15)8-9-17(14)21-13-7-5-6-12(10-13)20(2)3;/h8-9,11-13H,4-7,10H2,1-3H3,(H,18,19);1H/t12-,13+;/m1./s1. The van der Waals surface area contributed by atoms with Crippen LogP contribution in [0.1, 0.15) is 38.2 Å². The highest BCUT2D eigenvalue weighted by Crippen LogP contribution is 2.31. The maximum atomic E-state index is 6.37. The molecule has 1 N–H and O–H groups in total. The normalized spacial score (nSPS) is 21.8. The van der Waals surface area contributed by atoms with Gasteiger partial charge in [-0.1, -0.05) is 6.92 Å². The van der Waals surface area contributed by atoms with Gasteiger partial charge in [0, 0.05) is 17.0 Å². The monoisotopic (exact) mass is 323 g/mol. The van der Waals surface area contributed by atoms with Crippen LogP contribution in [0.5, 0.6) is 5.75 Å². The number of hydrogen-bond donors (Lipinski definition) is 1. The van der Waals surface area contributed by atoms with Crippen LogP contribution in [0.15, 0.2) is 18.3 Å². The predicted octanol–water partition coefficient (Wildman–Crippen LogP) is 3.80. The largest absolute Gasteiger partial charge is 0.490 e. The molecule has 0 amide bonds. The van der Waals surface area contributed by atoms with Crippen molar-refractivity contribution in [2.75, 3.05) is 14.1 Å². The van der Waals surface area contributed by atoms with Gasteiger partial charge in [-0.15, -0.1) is 12.4 Å². The summed E-state index contributed by atoms with van der Waals surface area (Å²) in [6.45, 7) is 2.18. The van der Waals surface area contributed by atoms with Crippen molar-refractivity contribution in [3.05, 3.63) is 23.9 Å². The minimum Gasteiger partial charge on any atom is -0.490 e. The Bertz CT molecular complexity index is 611. The van der Waals surface area contributed by atoms with Crippen molar-refractivity contribution in [2.45, 2.75) is 51.2 Å². The molecule has 1 fully saturated rings. The molecule has 1 heterocycles. The topological polar surface area (TPSA) is 41.1 Å². The SMILES string of the molecule is CCc1c(O[C@H]2CCC[C@@H](N(C)C)C2)ccc2[nH]ncc12.Cl. The molecule has 2 aromatic rings. The maximum absolute atomic E-state index is 6.37. The summed E-state index contributed by atoms with van der Waals surface area (Å²) in [7, 11) is 4.34. The molecule has 5 heteroatoms. The molecule has 22 heavy (non-hydrogen) atoms. The first kappa shape index (κ1) is 17.1. The molecule has 3 rings (SSSR count). The Kier molecular flexibility index (Phi) is 5.70. The molecule has 4 nitrogen and oxygen atoms in total. The van der Waals surface area contributed by atoms with E-state index in [0.29, 0.717) is 12.1 Å². The van der Waals surface area contributed by atoms with Gasteiger partial charge in [-0.25, -0.2) is 0 Å². The molecule has 1 saturated carbocycles. The van der Waals surface area contributed by atoms with Gasteiger partial charge in [-0.2, -0.15) is 5.10 Å². The van der Waals surface area contributed by atoms with Gasteiger partial charge in [0.1, 0.15) is 11.9 Å². The average Bonchev–Trinajstić information content (AvgIpc) is 2.96. The van der Waals surface area contributed by atoms with E-state index in [1.54, 1.807) is 0 Å². The number of fused-ring (bicyclic) bond motifs is 1. The molecule has 1 aromatic heterocycles. The zero-order valence-corrected chi connectivity index (χ0v) is 14.4. The molecule has 122 valence electrons. The molecular formula is C17H26ClN3O. The van der Waals surface area contributed by atoms with Gasteiger partial charge in [-0.3, -0.25) is 5.10 Å². The van der Waals surface area contributed by atoms with Crippen LogP contribution in [-0.4, -0.2) is 41.3 Å². The fourth-order valence-corrected chi connectivity index (χ4v) is 3.41. The molecule has 1 aliphatic rings. The predicted molar refractivity (Wildman–Crippen MR) is 93.1 cm³/mol. The van der Waals surface area contributed by atoms with Crippen molar-refractivity contribution in [2.24, 2.45) is 0 Å². The van der Waals surface area contributed by atoms with Crippen LogP contribution in [0.2, 0.25) is 0 Å². The second-order valence-corrected chi connectivity index (χ2v) is 6.25. The van der Waals surface area contributed by atoms with Crippen LogP contribution in [-0.2, 0) is 6.42 Å². The molecule has 1 aromatic carbocycles. The van der Waals surface area contributed by atoms with E-state index in [-0.39, 0.29) is 12.4 Å². The number of benzene rings is 1. The number of ether oxygens (including phenoxy) is 1. The third-order valence-corrected chi connectivity index (χ3v) is 4.67. The zero-order valence-electron chi connectivity index (χ0n) is 13.6. The van der Waals surface area contributed by atoms with Gasteiger partial charge in [0.25, 0.3) is 0 Å². The summed E-state index contributed by atoms with van der Waals surface area (Å²) >= 11 is 0. The van der Waals surface area contributed by atoms with E-state index in [1.807, 2.05) is 6.20 Å². The third-order valence-electron chi connectivity index (χ3n) is 4.67. The quantitative estimate of drug-likeness (QED) is 0.930. The number of nitrogens with one attached hydrogen (secondary N) is 1. The second kappa shape index (κ2) is 7.34. The molecule has 0 aliphatic heterocycles. The van der Waals surface area contributed by atoms with E-state index in [4.69, 9.17) is 4.74 Å². The first-order chi connectivity index (χ1) is 10.2. The lowest BCUT2D eigenvalue weighted by Crippen LogP contribution is -2.37. The Morgan fingerprint density at radius 2 is 2.14 bits per heavy atom. The Morgan fingerprint density at radius 3 is 2.86 bits per heavy atom. The number of hydrogen-bond acceptors (Lipinski definition) is 3. The molecular weight excluding hydrogens is 298 g/mol. The summed E-state index contributed by atoms with van der Waals surface area (Å²) in [4.78, 5) is 2.33. The van der Waals surface area contributed by atoms with Crippen LogP contribution in [0, 0.1) is 0 Å². The van der Waals surface area contributed by atoms with Crippen molar-refractivity contribution >= 4 is 23.3 Å². The molecule has 0 spiro atoms. The Balaban J connectivity index is 0.00000176. The highest BCUT2D eigenvalue weighted by Gasteiger charge is 2.25. The summed E-state index contributed by atoms with van der Waals surface area (Å²) in [6.07, 6.45) is 8.04. The van der Waals surface area contributed by atoms with Crippen molar-refractivity contribution in [3.8, 4) is 5.75 Å². The molecule has 0 unspecified atom stereocenters. The first-order valence-corrected chi connectivity index (χ1v) is 7.97. The third kappa shape index (κ3) is 3.39. The fraction of sp³-hybridized carbons (Fsp3) is 0.588. The molecule has 0 saturated heterocycles. The number of nitrogens with zero attached hydrogens (tertiary/aromatic N) is 2. The van der Waals surface area contributed by atoms with Crippen LogP contribution in [0.25, 0.3) is 10.9 Å². The summed E-state index contributed by atoms with van der Waals surface area (Å²) < 4.78 is 6.37.